The highest BCUT2D eigenvalue weighted by Crippen LogP contribution is 2.31. The molecule has 0 aliphatic carbocycles. The first-order chi connectivity index (χ1) is 13.5. The standard InChI is InChI=1S/C21H33N5O2/c1-4-22-20(24-15-21(2,3)26-9-11-28-12-10-26)23-14-16-13-19(27)25-18-8-6-5-7-17(16)18/h5-8,16H,4,9-15H2,1-3H3,(H,25,27)(H2,22,23,24). The zero-order chi connectivity index (χ0) is 20.0. The summed E-state index contributed by atoms with van der Waals surface area (Å²) < 4.78 is 5.47. The molecule has 2 heterocycles. The summed E-state index contributed by atoms with van der Waals surface area (Å²) in [6.07, 6.45) is 0.489. The molecule has 0 bridgehead atoms. The molecule has 7 nitrogen and oxygen atoms in total. The normalized spacial score (nSPS) is 21.0. The number of amides is 1. The van der Waals surface area contributed by atoms with Gasteiger partial charge < -0.3 is 20.7 Å². The van der Waals surface area contributed by atoms with Crippen molar-refractivity contribution in [3.63, 3.8) is 0 Å². The summed E-state index contributed by atoms with van der Waals surface area (Å²) >= 11 is 0. The number of carbonyl (C=O) groups excluding carboxylic acids is 1. The van der Waals surface area contributed by atoms with Gasteiger partial charge >= 0.3 is 0 Å². The van der Waals surface area contributed by atoms with Crippen molar-refractivity contribution >= 4 is 17.6 Å². The fourth-order valence-electron chi connectivity index (χ4n) is 3.79. The highest BCUT2D eigenvalue weighted by molar-refractivity contribution is 5.94. The quantitative estimate of drug-likeness (QED) is 0.512. The molecule has 1 unspecified atom stereocenters. The van der Waals surface area contributed by atoms with Crippen molar-refractivity contribution in [2.24, 2.45) is 4.99 Å². The first-order valence-electron chi connectivity index (χ1n) is 10.2. The Labute approximate surface area is 167 Å². The maximum atomic E-state index is 12.0. The molecule has 7 heteroatoms. The summed E-state index contributed by atoms with van der Waals surface area (Å²) in [6.45, 7) is 12.2. The largest absolute Gasteiger partial charge is 0.379 e. The van der Waals surface area contributed by atoms with Crippen molar-refractivity contribution in [2.45, 2.75) is 38.6 Å². The highest BCUT2D eigenvalue weighted by Gasteiger charge is 2.28. The van der Waals surface area contributed by atoms with E-state index in [0.29, 0.717) is 19.5 Å². The lowest BCUT2D eigenvalue weighted by atomic mass is 9.90. The summed E-state index contributed by atoms with van der Waals surface area (Å²) in [5.74, 6) is 1.01. The van der Waals surface area contributed by atoms with E-state index in [4.69, 9.17) is 9.73 Å². The number of hydrogen-bond donors (Lipinski definition) is 3. The van der Waals surface area contributed by atoms with Crippen LogP contribution >= 0.6 is 0 Å². The predicted molar refractivity (Wildman–Crippen MR) is 113 cm³/mol. The van der Waals surface area contributed by atoms with Crippen LogP contribution in [0, 0.1) is 0 Å². The molecule has 1 amide bonds. The van der Waals surface area contributed by atoms with E-state index in [1.54, 1.807) is 0 Å². The average molecular weight is 388 g/mol. The van der Waals surface area contributed by atoms with Gasteiger partial charge in [-0.05, 0) is 32.4 Å². The second-order valence-corrected chi connectivity index (χ2v) is 8.02. The van der Waals surface area contributed by atoms with Gasteiger partial charge in [0.15, 0.2) is 5.96 Å². The van der Waals surface area contributed by atoms with Gasteiger partial charge in [-0.25, -0.2) is 0 Å². The van der Waals surface area contributed by atoms with E-state index in [1.165, 1.54) is 5.56 Å². The Hall–Kier alpha value is -2.12. The number of rotatable bonds is 6. The van der Waals surface area contributed by atoms with Gasteiger partial charge in [-0.1, -0.05) is 18.2 Å². The third-order valence-corrected chi connectivity index (χ3v) is 5.46. The zero-order valence-electron chi connectivity index (χ0n) is 17.3. The van der Waals surface area contributed by atoms with Gasteiger partial charge in [-0.15, -0.1) is 0 Å². The summed E-state index contributed by atoms with van der Waals surface area (Å²) in [4.78, 5) is 19.3. The monoisotopic (exact) mass is 387 g/mol. The Bertz CT molecular complexity index is 698. The van der Waals surface area contributed by atoms with Crippen LogP contribution in [-0.4, -0.2) is 68.2 Å². The number of nitrogens with one attached hydrogen (secondary N) is 3. The number of carbonyl (C=O) groups is 1. The molecule has 2 aliphatic rings. The fourth-order valence-corrected chi connectivity index (χ4v) is 3.79. The SMILES string of the molecule is CCNC(=NCC(C)(C)N1CCOCC1)NCC1CC(=O)Nc2ccccc21. The summed E-state index contributed by atoms with van der Waals surface area (Å²) in [7, 11) is 0. The first-order valence-corrected chi connectivity index (χ1v) is 10.2. The molecule has 1 aromatic rings. The van der Waals surface area contributed by atoms with Crippen LogP contribution in [0.15, 0.2) is 29.3 Å². The predicted octanol–water partition coefficient (Wildman–Crippen LogP) is 1.78. The number of nitrogens with zero attached hydrogens (tertiary/aromatic N) is 2. The second-order valence-electron chi connectivity index (χ2n) is 8.02. The van der Waals surface area contributed by atoms with Crippen molar-refractivity contribution < 1.29 is 9.53 Å². The second kappa shape index (κ2) is 9.39. The highest BCUT2D eigenvalue weighted by atomic mass is 16.5. The number of benzene rings is 1. The number of fused-ring (bicyclic) bond motifs is 1. The minimum atomic E-state index is -0.0243. The molecule has 3 rings (SSSR count). The van der Waals surface area contributed by atoms with Gasteiger partial charge in [-0.3, -0.25) is 14.7 Å². The molecule has 0 aromatic heterocycles. The van der Waals surface area contributed by atoms with Crippen molar-refractivity contribution in [3.8, 4) is 0 Å². The number of ether oxygens (including phenoxy) is 1. The van der Waals surface area contributed by atoms with Crippen molar-refractivity contribution in [3.05, 3.63) is 29.8 Å². The molecule has 1 aromatic carbocycles. The van der Waals surface area contributed by atoms with Crippen LogP contribution in [0.5, 0.6) is 0 Å². The van der Waals surface area contributed by atoms with Crippen LogP contribution in [0.3, 0.4) is 0 Å². The van der Waals surface area contributed by atoms with Gasteiger partial charge in [0.05, 0.1) is 19.8 Å². The van der Waals surface area contributed by atoms with Crippen LogP contribution in [-0.2, 0) is 9.53 Å². The zero-order valence-corrected chi connectivity index (χ0v) is 17.3. The van der Waals surface area contributed by atoms with E-state index in [0.717, 1.165) is 44.5 Å². The third kappa shape index (κ3) is 5.23. The maximum absolute atomic E-state index is 12.0. The average Bonchev–Trinajstić information content (AvgIpc) is 2.70. The summed E-state index contributed by atoms with van der Waals surface area (Å²) in [5, 5.41) is 9.73. The van der Waals surface area contributed by atoms with Crippen molar-refractivity contribution in [2.75, 3.05) is 51.3 Å². The molecule has 1 fully saturated rings. The molecule has 0 spiro atoms. The Morgan fingerprint density at radius 3 is 2.79 bits per heavy atom. The van der Waals surface area contributed by atoms with Crippen LogP contribution in [0.1, 0.15) is 38.7 Å². The van der Waals surface area contributed by atoms with Crippen LogP contribution in [0.2, 0.25) is 0 Å². The molecule has 154 valence electrons. The summed E-state index contributed by atoms with van der Waals surface area (Å²) in [5.41, 5.74) is 2.07. The van der Waals surface area contributed by atoms with Gasteiger partial charge in [0.2, 0.25) is 5.91 Å². The Morgan fingerprint density at radius 1 is 1.29 bits per heavy atom. The summed E-state index contributed by atoms with van der Waals surface area (Å²) in [6, 6.07) is 8.03. The molecule has 28 heavy (non-hydrogen) atoms. The van der Waals surface area contributed by atoms with Gasteiger partial charge in [0.25, 0.3) is 0 Å². The maximum Gasteiger partial charge on any atom is 0.225 e. The van der Waals surface area contributed by atoms with E-state index in [2.05, 4.69) is 47.7 Å². The third-order valence-electron chi connectivity index (χ3n) is 5.46. The minimum Gasteiger partial charge on any atom is -0.379 e. The van der Waals surface area contributed by atoms with Crippen LogP contribution < -0.4 is 16.0 Å². The topological polar surface area (TPSA) is 78.0 Å². The van der Waals surface area contributed by atoms with E-state index in [9.17, 15) is 4.79 Å². The van der Waals surface area contributed by atoms with Crippen LogP contribution in [0.25, 0.3) is 0 Å². The van der Waals surface area contributed by atoms with Gasteiger partial charge in [0.1, 0.15) is 0 Å². The van der Waals surface area contributed by atoms with Gasteiger partial charge in [0, 0.05) is 49.7 Å². The lowest BCUT2D eigenvalue weighted by Crippen LogP contribution is -2.52. The number of guanidine groups is 1. The van der Waals surface area contributed by atoms with E-state index >= 15 is 0 Å². The molecule has 2 aliphatic heterocycles. The van der Waals surface area contributed by atoms with Crippen molar-refractivity contribution in [1.29, 1.82) is 0 Å². The van der Waals surface area contributed by atoms with E-state index in [-0.39, 0.29) is 17.4 Å². The van der Waals surface area contributed by atoms with Gasteiger partial charge in [-0.2, -0.15) is 0 Å². The fraction of sp³-hybridized carbons (Fsp3) is 0.619. The Balaban J connectivity index is 1.63. The van der Waals surface area contributed by atoms with Crippen molar-refractivity contribution in [1.82, 2.24) is 15.5 Å². The lowest BCUT2D eigenvalue weighted by Gasteiger charge is -2.40. The Kier molecular flexibility index (Phi) is 6.91. The molecule has 1 atom stereocenters. The molecule has 0 saturated carbocycles. The molecule has 1 saturated heterocycles. The molecular formula is C21H33N5O2. The molecule has 3 N–H and O–H groups in total. The minimum absolute atomic E-state index is 0.0243. The molecule has 0 radical (unpaired) electrons. The number of anilines is 1. The van der Waals surface area contributed by atoms with Crippen LogP contribution in [0.4, 0.5) is 5.69 Å². The van der Waals surface area contributed by atoms with E-state index in [1.807, 2.05) is 18.2 Å². The molecular weight excluding hydrogens is 354 g/mol. The smallest absolute Gasteiger partial charge is 0.225 e. The number of para-hydroxylation sites is 1. The number of hydrogen-bond acceptors (Lipinski definition) is 4. The lowest BCUT2D eigenvalue weighted by molar-refractivity contribution is -0.116. The number of aliphatic imine (C=N–C) groups is 1. The van der Waals surface area contributed by atoms with E-state index < -0.39 is 0 Å². The first kappa shape index (κ1) is 20.6. The Morgan fingerprint density at radius 2 is 2.04 bits per heavy atom. The number of morpholine rings is 1.